The second-order valence-corrected chi connectivity index (χ2v) is 4.57. The Morgan fingerprint density at radius 3 is 2.44 bits per heavy atom. The number of esters is 1. The molecule has 1 fully saturated rings. The molecular weight excluding hydrogens is 206 g/mol. The number of methoxy groups -OCH3 is 1. The topological polar surface area (TPSA) is 46.6 Å². The van der Waals surface area contributed by atoms with E-state index < -0.39 is 0 Å². The number of amides is 1. The zero-order valence-corrected chi connectivity index (χ0v) is 10.3. The third kappa shape index (κ3) is 2.84. The average molecular weight is 225 g/mol. The third-order valence-corrected chi connectivity index (χ3v) is 2.84. The van der Waals surface area contributed by atoms with Gasteiger partial charge in [0.1, 0.15) is 0 Å². The maximum absolute atomic E-state index is 11.8. The lowest BCUT2D eigenvalue weighted by Gasteiger charge is -2.13. The molecule has 0 aromatic rings. The molecule has 1 saturated heterocycles. The minimum absolute atomic E-state index is 0.0155. The summed E-state index contributed by atoms with van der Waals surface area (Å²) in [5, 5.41) is 0. The van der Waals surface area contributed by atoms with Gasteiger partial charge in [0.25, 0.3) is 0 Å². The van der Waals surface area contributed by atoms with E-state index in [-0.39, 0.29) is 23.7 Å². The van der Waals surface area contributed by atoms with E-state index in [2.05, 4.69) is 0 Å². The zero-order valence-electron chi connectivity index (χ0n) is 10.3. The van der Waals surface area contributed by atoms with E-state index in [4.69, 9.17) is 4.74 Å². The highest BCUT2D eigenvalue weighted by Crippen LogP contribution is 2.24. The first-order chi connectivity index (χ1) is 7.45. The van der Waals surface area contributed by atoms with Gasteiger partial charge in [0.15, 0.2) is 0 Å². The Balaban J connectivity index is 2.66. The molecule has 0 spiro atoms. The van der Waals surface area contributed by atoms with E-state index in [0.717, 1.165) is 5.57 Å². The van der Waals surface area contributed by atoms with Crippen LogP contribution in [-0.4, -0.2) is 37.0 Å². The van der Waals surface area contributed by atoms with Crippen LogP contribution >= 0.6 is 0 Å². The van der Waals surface area contributed by atoms with Crippen molar-refractivity contribution in [2.45, 2.75) is 20.8 Å². The van der Waals surface area contributed by atoms with Crippen LogP contribution in [0.3, 0.4) is 0 Å². The molecule has 0 N–H and O–H groups in total. The zero-order chi connectivity index (χ0) is 12.3. The minimum atomic E-state index is -0.222. The van der Waals surface area contributed by atoms with Gasteiger partial charge < -0.3 is 9.64 Å². The van der Waals surface area contributed by atoms with E-state index in [1.165, 1.54) is 7.11 Å². The Morgan fingerprint density at radius 2 is 1.94 bits per heavy atom. The smallest absolute Gasteiger partial charge is 0.310 e. The van der Waals surface area contributed by atoms with E-state index in [1.54, 1.807) is 11.0 Å². The number of carbonyl (C=O) groups is 2. The predicted octanol–water partition coefficient (Wildman–Crippen LogP) is 1.22. The third-order valence-electron chi connectivity index (χ3n) is 2.84. The highest BCUT2D eigenvalue weighted by atomic mass is 16.5. The quantitative estimate of drug-likeness (QED) is 0.524. The molecule has 1 amide bonds. The summed E-state index contributed by atoms with van der Waals surface area (Å²) in [6.45, 7) is 6.83. The van der Waals surface area contributed by atoms with Gasteiger partial charge in [-0.25, -0.2) is 0 Å². The average Bonchev–Trinajstić information content (AvgIpc) is 2.58. The largest absolute Gasteiger partial charge is 0.469 e. The number of likely N-dealkylation sites (tertiary alicyclic amines) is 1. The highest BCUT2D eigenvalue weighted by Gasteiger charge is 2.36. The number of nitrogens with zero attached hydrogens (tertiary/aromatic N) is 1. The van der Waals surface area contributed by atoms with Crippen molar-refractivity contribution in [1.82, 2.24) is 4.90 Å². The fourth-order valence-corrected chi connectivity index (χ4v) is 1.94. The van der Waals surface area contributed by atoms with E-state index in [0.29, 0.717) is 13.1 Å². The van der Waals surface area contributed by atoms with Crippen molar-refractivity contribution < 1.29 is 14.3 Å². The number of rotatable bonds is 2. The van der Waals surface area contributed by atoms with Gasteiger partial charge in [-0.15, -0.1) is 0 Å². The Bertz CT molecular complexity index is 318. The fourth-order valence-electron chi connectivity index (χ4n) is 1.94. The number of hydrogen-bond donors (Lipinski definition) is 0. The maximum atomic E-state index is 11.8. The lowest BCUT2D eigenvalue weighted by atomic mass is 9.99. The molecule has 1 aliphatic heterocycles. The highest BCUT2D eigenvalue weighted by molar-refractivity contribution is 5.89. The van der Waals surface area contributed by atoms with Gasteiger partial charge >= 0.3 is 5.97 Å². The first kappa shape index (κ1) is 12.7. The maximum Gasteiger partial charge on any atom is 0.310 e. The number of carbonyl (C=O) groups excluding carboxylic acids is 2. The van der Waals surface area contributed by atoms with Gasteiger partial charge in [-0.3, -0.25) is 9.59 Å². The van der Waals surface area contributed by atoms with Gasteiger partial charge in [0.2, 0.25) is 5.91 Å². The summed E-state index contributed by atoms with van der Waals surface area (Å²) >= 11 is 0. The van der Waals surface area contributed by atoms with Crippen LogP contribution in [-0.2, 0) is 14.3 Å². The van der Waals surface area contributed by atoms with Crippen LogP contribution < -0.4 is 0 Å². The van der Waals surface area contributed by atoms with Crippen LogP contribution in [0.1, 0.15) is 20.8 Å². The summed E-state index contributed by atoms with van der Waals surface area (Å²) in [6, 6.07) is 0. The normalized spacial score (nSPS) is 24.1. The SMILES string of the molecule is COC(=O)C1CN(C(=O)C=C(C)C)CC1C. The molecule has 2 unspecified atom stereocenters. The van der Waals surface area contributed by atoms with Crippen molar-refractivity contribution in [1.29, 1.82) is 0 Å². The summed E-state index contributed by atoms with van der Waals surface area (Å²) < 4.78 is 4.72. The summed E-state index contributed by atoms with van der Waals surface area (Å²) in [5.74, 6) is -0.250. The summed E-state index contributed by atoms with van der Waals surface area (Å²) in [7, 11) is 1.38. The molecule has 0 bridgehead atoms. The van der Waals surface area contributed by atoms with E-state index >= 15 is 0 Å². The monoisotopic (exact) mass is 225 g/mol. The Labute approximate surface area is 96.3 Å². The molecule has 90 valence electrons. The summed E-state index contributed by atoms with van der Waals surface area (Å²) in [6.07, 6.45) is 1.60. The second kappa shape index (κ2) is 5.14. The molecular formula is C12H19NO3. The van der Waals surface area contributed by atoms with Crippen LogP contribution in [0.5, 0.6) is 0 Å². The molecule has 1 aliphatic rings. The van der Waals surface area contributed by atoms with Crippen molar-refractivity contribution in [3.05, 3.63) is 11.6 Å². The van der Waals surface area contributed by atoms with Crippen molar-refractivity contribution in [3.8, 4) is 0 Å². The molecule has 16 heavy (non-hydrogen) atoms. The van der Waals surface area contributed by atoms with Gasteiger partial charge in [-0.1, -0.05) is 12.5 Å². The fraction of sp³-hybridized carbons (Fsp3) is 0.667. The van der Waals surface area contributed by atoms with Gasteiger partial charge in [0.05, 0.1) is 13.0 Å². The number of ether oxygens (including phenoxy) is 1. The second-order valence-electron chi connectivity index (χ2n) is 4.57. The number of allylic oxidation sites excluding steroid dienone is 1. The van der Waals surface area contributed by atoms with E-state index in [9.17, 15) is 9.59 Å². The lowest BCUT2D eigenvalue weighted by molar-refractivity contribution is -0.146. The molecule has 1 rings (SSSR count). The van der Waals surface area contributed by atoms with Crippen LogP contribution in [0.2, 0.25) is 0 Å². The lowest BCUT2D eigenvalue weighted by Crippen LogP contribution is -2.28. The molecule has 0 aromatic heterocycles. The first-order valence-electron chi connectivity index (χ1n) is 5.47. The van der Waals surface area contributed by atoms with Crippen molar-refractivity contribution >= 4 is 11.9 Å². The Kier molecular flexibility index (Phi) is 4.10. The van der Waals surface area contributed by atoms with Gasteiger partial charge in [-0.05, 0) is 19.8 Å². The standard InChI is InChI=1S/C12H19NO3/c1-8(2)5-11(14)13-6-9(3)10(7-13)12(15)16-4/h5,9-10H,6-7H2,1-4H3. The first-order valence-corrected chi connectivity index (χ1v) is 5.47. The predicted molar refractivity (Wildman–Crippen MR) is 60.7 cm³/mol. The molecule has 4 nitrogen and oxygen atoms in total. The molecule has 0 saturated carbocycles. The minimum Gasteiger partial charge on any atom is -0.469 e. The molecule has 0 aliphatic carbocycles. The Morgan fingerprint density at radius 1 is 1.31 bits per heavy atom. The molecule has 1 heterocycles. The van der Waals surface area contributed by atoms with Crippen LogP contribution in [0.4, 0.5) is 0 Å². The summed E-state index contributed by atoms with van der Waals surface area (Å²) in [5.41, 5.74) is 0.971. The van der Waals surface area contributed by atoms with Gasteiger partial charge in [-0.2, -0.15) is 0 Å². The van der Waals surface area contributed by atoms with E-state index in [1.807, 2.05) is 20.8 Å². The molecule has 0 radical (unpaired) electrons. The number of hydrogen-bond acceptors (Lipinski definition) is 3. The van der Waals surface area contributed by atoms with Crippen LogP contribution in [0.25, 0.3) is 0 Å². The van der Waals surface area contributed by atoms with Crippen molar-refractivity contribution in [2.24, 2.45) is 11.8 Å². The Hall–Kier alpha value is -1.32. The van der Waals surface area contributed by atoms with Crippen LogP contribution in [0.15, 0.2) is 11.6 Å². The molecule has 4 heteroatoms. The molecule has 2 atom stereocenters. The summed E-state index contributed by atoms with van der Waals surface area (Å²) in [4.78, 5) is 24.9. The van der Waals surface area contributed by atoms with Crippen molar-refractivity contribution in [3.63, 3.8) is 0 Å². The van der Waals surface area contributed by atoms with Gasteiger partial charge in [0, 0.05) is 19.2 Å². The van der Waals surface area contributed by atoms with Crippen LogP contribution in [0, 0.1) is 11.8 Å². The van der Waals surface area contributed by atoms with Crippen molar-refractivity contribution in [2.75, 3.05) is 20.2 Å². The molecule has 0 aromatic carbocycles.